The van der Waals surface area contributed by atoms with Gasteiger partial charge in [0.25, 0.3) is 5.91 Å². The average Bonchev–Trinajstić information content (AvgIpc) is 3.08. The average molecular weight is 301 g/mol. The van der Waals surface area contributed by atoms with Crippen molar-refractivity contribution in [2.24, 2.45) is 5.92 Å². The lowest BCUT2D eigenvalue weighted by atomic mass is 9.97. The third kappa shape index (κ3) is 3.36. The van der Waals surface area contributed by atoms with Gasteiger partial charge in [0, 0.05) is 25.7 Å². The van der Waals surface area contributed by atoms with Gasteiger partial charge in [0.05, 0.1) is 6.26 Å². The van der Waals surface area contributed by atoms with Crippen LogP contribution in [0.5, 0.6) is 0 Å². The molecule has 0 aromatic carbocycles. The van der Waals surface area contributed by atoms with Crippen molar-refractivity contribution in [3.05, 3.63) is 36.5 Å². The Morgan fingerprint density at radius 2 is 2.23 bits per heavy atom. The zero-order valence-corrected chi connectivity index (χ0v) is 12.2. The molecule has 1 aliphatic rings. The molecule has 0 radical (unpaired) electrons. The smallest absolute Gasteiger partial charge is 0.286 e. The summed E-state index contributed by atoms with van der Waals surface area (Å²) >= 11 is 0. The standard InChI is InChI=1S/C15H19N5O2/c16-13-8-14(19-10-18-13)20-5-3-11(4-6-20)9-17-15(21)12-2-1-7-22-12/h1-2,7-8,10-11H,3-6,9H2,(H,17,21)(H2,16,18,19). The van der Waals surface area contributed by atoms with Crippen molar-refractivity contribution in [2.45, 2.75) is 12.8 Å². The van der Waals surface area contributed by atoms with E-state index in [0.717, 1.165) is 31.7 Å². The Labute approximate surface area is 128 Å². The van der Waals surface area contributed by atoms with Gasteiger partial charge in [0.15, 0.2) is 5.76 Å². The number of aromatic nitrogens is 2. The van der Waals surface area contributed by atoms with Crippen molar-refractivity contribution in [3.63, 3.8) is 0 Å². The SMILES string of the molecule is Nc1cc(N2CCC(CNC(=O)c3ccco3)CC2)ncn1. The van der Waals surface area contributed by atoms with Gasteiger partial charge in [0.1, 0.15) is 18.0 Å². The number of carbonyl (C=O) groups excluding carboxylic acids is 1. The number of nitrogen functional groups attached to an aromatic ring is 1. The highest BCUT2D eigenvalue weighted by Crippen LogP contribution is 2.21. The number of furan rings is 1. The van der Waals surface area contributed by atoms with Crippen molar-refractivity contribution in [2.75, 3.05) is 30.3 Å². The molecule has 1 amide bonds. The summed E-state index contributed by atoms with van der Waals surface area (Å²) in [6.07, 6.45) is 4.99. The van der Waals surface area contributed by atoms with Gasteiger partial charge in [-0.2, -0.15) is 0 Å². The summed E-state index contributed by atoms with van der Waals surface area (Å²) in [5.74, 6) is 2.02. The van der Waals surface area contributed by atoms with Crippen LogP contribution in [-0.2, 0) is 0 Å². The minimum atomic E-state index is -0.156. The molecular weight excluding hydrogens is 282 g/mol. The highest BCUT2D eigenvalue weighted by Gasteiger charge is 2.21. The van der Waals surface area contributed by atoms with Crippen molar-refractivity contribution >= 4 is 17.5 Å². The third-order valence-corrected chi connectivity index (χ3v) is 3.91. The van der Waals surface area contributed by atoms with Crippen LogP contribution in [0.25, 0.3) is 0 Å². The largest absolute Gasteiger partial charge is 0.459 e. The number of nitrogens with two attached hydrogens (primary N) is 1. The zero-order chi connectivity index (χ0) is 15.4. The van der Waals surface area contributed by atoms with Gasteiger partial charge in [-0.05, 0) is 30.9 Å². The number of carbonyl (C=O) groups is 1. The molecule has 1 aliphatic heterocycles. The molecular formula is C15H19N5O2. The maximum atomic E-state index is 11.8. The van der Waals surface area contributed by atoms with E-state index in [-0.39, 0.29) is 5.91 Å². The Hall–Kier alpha value is -2.57. The number of nitrogens with zero attached hydrogens (tertiary/aromatic N) is 3. The van der Waals surface area contributed by atoms with E-state index in [2.05, 4.69) is 20.2 Å². The molecule has 3 heterocycles. The summed E-state index contributed by atoms with van der Waals surface area (Å²) in [7, 11) is 0. The van der Waals surface area contributed by atoms with Gasteiger partial charge in [0.2, 0.25) is 0 Å². The topological polar surface area (TPSA) is 97.3 Å². The molecule has 0 atom stereocenters. The Morgan fingerprint density at radius 1 is 1.41 bits per heavy atom. The predicted octanol–water partition coefficient (Wildman–Crippen LogP) is 1.30. The Kier molecular flexibility index (Phi) is 4.22. The van der Waals surface area contributed by atoms with E-state index >= 15 is 0 Å². The number of rotatable bonds is 4. The van der Waals surface area contributed by atoms with Gasteiger partial charge < -0.3 is 20.4 Å². The van der Waals surface area contributed by atoms with E-state index in [0.29, 0.717) is 24.0 Å². The Morgan fingerprint density at radius 3 is 2.91 bits per heavy atom. The summed E-state index contributed by atoms with van der Waals surface area (Å²) in [4.78, 5) is 22.2. The molecule has 116 valence electrons. The first-order valence-corrected chi connectivity index (χ1v) is 7.36. The fourth-order valence-corrected chi connectivity index (χ4v) is 2.63. The number of amides is 1. The van der Waals surface area contributed by atoms with Crippen LogP contribution in [0.4, 0.5) is 11.6 Å². The van der Waals surface area contributed by atoms with Crippen LogP contribution in [-0.4, -0.2) is 35.5 Å². The third-order valence-electron chi connectivity index (χ3n) is 3.91. The van der Waals surface area contributed by atoms with Crippen molar-refractivity contribution in [1.29, 1.82) is 0 Å². The first-order valence-electron chi connectivity index (χ1n) is 7.36. The molecule has 0 spiro atoms. The fourth-order valence-electron chi connectivity index (χ4n) is 2.63. The molecule has 1 saturated heterocycles. The van der Waals surface area contributed by atoms with Gasteiger partial charge >= 0.3 is 0 Å². The first kappa shape index (κ1) is 14.4. The van der Waals surface area contributed by atoms with E-state index in [4.69, 9.17) is 10.2 Å². The minimum absolute atomic E-state index is 0.156. The second kappa shape index (κ2) is 6.46. The molecule has 0 bridgehead atoms. The van der Waals surface area contributed by atoms with E-state index < -0.39 is 0 Å². The summed E-state index contributed by atoms with van der Waals surface area (Å²) in [5.41, 5.74) is 5.69. The second-order valence-corrected chi connectivity index (χ2v) is 5.42. The second-order valence-electron chi connectivity index (χ2n) is 5.42. The van der Waals surface area contributed by atoms with Crippen molar-refractivity contribution in [1.82, 2.24) is 15.3 Å². The van der Waals surface area contributed by atoms with Crippen molar-refractivity contribution in [3.8, 4) is 0 Å². The molecule has 0 unspecified atom stereocenters. The van der Waals surface area contributed by atoms with Gasteiger partial charge in [-0.15, -0.1) is 0 Å². The normalized spacial score (nSPS) is 15.7. The van der Waals surface area contributed by atoms with Crippen LogP contribution in [0.1, 0.15) is 23.4 Å². The lowest BCUT2D eigenvalue weighted by Crippen LogP contribution is -2.39. The number of nitrogens with one attached hydrogen (secondary N) is 1. The van der Waals surface area contributed by atoms with E-state index in [1.54, 1.807) is 18.2 Å². The summed E-state index contributed by atoms with van der Waals surface area (Å²) in [6, 6.07) is 5.16. The maximum absolute atomic E-state index is 11.8. The zero-order valence-electron chi connectivity index (χ0n) is 12.2. The van der Waals surface area contributed by atoms with E-state index in [1.165, 1.54) is 12.6 Å². The first-order chi connectivity index (χ1) is 10.7. The Bertz CT molecular complexity index is 621. The highest BCUT2D eigenvalue weighted by molar-refractivity contribution is 5.91. The maximum Gasteiger partial charge on any atom is 0.286 e. The van der Waals surface area contributed by atoms with Crippen LogP contribution in [0.15, 0.2) is 35.2 Å². The predicted molar refractivity (Wildman–Crippen MR) is 82.4 cm³/mol. The Balaban J connectivity index is 1.47. The fraction of sp³-hybridized carbons (Fsp3) is 0.400. The highest BCUT2D eigenvalue weighted by atomic mass is 16.3. The van der Waals surface area contributed by atoms with Crippen molar-refractivity contribution < 1.29 is 9.21 Å². The molecule has 1 fully saturated rings. The summed E-state index contributed by atoms with van der Waals surface area (Å²) in [5, 5.41) is 2.92. The number of piperidine rings is 1. The molecule has 0 saturated carbocycles. The lowest BCUT2D eigenvalue weighted by Gasteiger charge is -2.32. The van der Waals surface area contributed by atoms with E-state index in [1.807, 2.05) is 0 Å². The number of anilines is 2. The molecule has 22 heavy (non-hydrogen) atoms. The van der Waals surface area contributed by atoms with E-state index in [9.17, 15) is 4.79 Å². The van der Waals surface area contributed by atoms with Gasteiger partial charge in [-0.1, -0.05) is 0 Å². The lowest BCUT2D eigenvalue weighted by molar-refractivity contribution is 0.0917. The van der Waals surface area contributed by atoms with Crippen LogP contribution in [0.3, 0.4) is 0 Å². The summed E-state index contributed by atoms with van der Waals surface area (Å²) < 4.78 is 5.07. The molecule has 2 aromatic heterocycles. The molecule has 0 aliphatic carbocycles. The molecule has 2 aromatic rings. The number of hydrogen-bond donors (Lipinski definition) is 2. The molecule has 7 heteroatoms. The van der Waals surface area contributed by atoms with Gasteiger partial charge in [-0.25, -0.2) is 9.97 Å². The molecule has 3 N–H and O–H groups in total. The minimum Gasteiger partial charge on any atom is -0.459 e. The number of hydrogen-bond acceptors (Lipinski definition) is 6. The van der Waals surface area contributed by atoms with Crippen LogP contribution >= 0.6 is 0 Å². The quantitative estimate of drug-likeness (QED) is 0.883. The molecule has 3 rings (SSSR count). The summed E-state index contributed by atoms with van der Waals surface area (Å²) in [6.45, 7) is 2.47. The molecule has 7 nitrogen and oxygen atoms in total. The van der Waals surface area contributed by atoms with Crippen LogP contribution < -0.4 is 16.0 Å². The van der Waals surface area contributed by atoms with Crippen LogP contribution in [0.2, 0.25) is 0 Å². The van der Waals surface area contributed by atoms with Gasteiger partial charge in [-0.3, -0.25) is 4.79 Å². The van der Waals surface area contributed by atoms with Crippen LogP contribution in [0, 0.1) is 5.92 Å². The monoisotopic (exact) mass is 301 g/mol.